The van der Waals surface area contributed by atoms with Crippen LogP contribution in [0.5, 0.6) is 0 Å². The Kier molecular flexibility index (Phi) is 6.82. The number of nitrogens with one attached hydrogen (secondary N) is 1. The number of benzene rings is 1. The number of pyridine rings is 1. The Labute approximate surface area is 187 Å². The fourth-order valence-corrected chi connectivity index (χ4v) is 3.51. The molecule has 1 aliphatic heterocycles. The molecule has 10 heteroatoms. The minimum atomic E-state index is -1.01. The van der Waals surface area contributed by atoms with Crippen LogP contribution in [0.4, 0.5) is 14.5 Å². The largest absolute Gasteiger partial charge is 0.373 e. The lowest BCUT2D eigenvalue weighted by Crippen LogP contribution is -2.51. The second-order valence-electron chi connectivity index (χ2n) is 8.16. The van der Waals surface area contributed by atoms with Crippen molar-refractivity contribution in [2.24, 2.45) is 7.05 Å². The molecule has 1 N–H and O–H groups in total. The third kappa shape index (κ3) is 5.31. The zero-order valence-electron chi connectivity index (χ0n) is 17.7. The van der Waals surface area contributed by atoms with Crippen LogP contribution in [0.3, 0.4) is 0 Å². The van der Waals surface area contributed by atoms with E-state index in [0.717, 1.165) is 9.63 Å². The molecule has 0 bridgehead atoms. The van der Waals surface area contributed by atoms with Crippen LogP contribution in [-0.2, 0) is 23.0 Å². The molecule has 1 aromatic carbocycles. The lowest BCUT2D eigenvalue weighted by molar-refractivity contribution is -0.165. The van der Waals surface area contributed by atoms with Gasteiger partial charge < -0.3 is 14.6 Å². The zero-order chi connectivity index (χ0) is 22.9. The fraction of sp³-hybridized carbons (Fsp3) is 0.429. The average Bonchev–Trinajstić information content (AvgIpc) is 2.67. The number of aromatic nitrogens is 1. The second-order valence-corrected chi connectivity index (χ2v) is 9.08. The molecule has 31 heavy (non-hydrogen) atoms. The van der Waals surface area contributed by atoms with Crippen molar-refractivity contribution in [3.05, 3.63) is 62.0 Å². The van der Waals surface area contributed by atoms with Gasteiger partial charge in [0.05, 0.1) is 30.1 Å². The van der Waals surface area contributed by atoms with Gasteiger partial charge in [-0.2, -0.15) is 5.06 Å². The summed E-state index contributed by atoms with van der Waals surface area (Å²) in [5.41, 5.74) is -1.14. The van der Waals surface area contributed by atoms with Gasteiger partial charge in [-0.05, 0) is 39.0 Å². The van der Waals surface area contributed by atoms with Crippen molar-refractivity contribution in [2.75, 3.05) is 18.5 Å². The number of nitrogens with zero attached hydrogens (tertiary/aromatic N) is 2. The standard InChI is InChI=1S/C21H24BrF2N3O4/c1-21(2,3)30-7-8-31-27-17(25-16-6-5-12(22)9-15(16)23)10-13-14(19(27)28)11-26(4)20(29)18(13)24/h5-6,9,11,17,25H,7-8,10H2,1-4H3. The van der Waals surface area contributed by atoms with Crippen LogP contribution >= 0.6 is 15.9 Å². The summed E-state index contributed by atoms with van der Waals surface area (Å²) < 4.78 is 36.2. The number of carbonyl (C=O) groups excluding carboxylic acids is 1. The van der Waals surface area contributed by atoms with Crippen molar-refractivity contribution in [1.82, 2.24) is 9.63 Å². The van der Waals surface area contributed by atoms with Gasteiger partial charge in [-0.1, -0.05) is 15.9 Å². The first-order valence-electron chi connectivity index (χ1n) is 9.68. The minimum Gasteiger partial charge on any atom is -0.373 e. The first-order chi connectivity index (χ1) is 14.5. The molecule has 1 aliphatic rings. The summed E-state index contributed by atoms with van der Waals surface area (Å²) >= 11 is 3.19. The SMILES string of the molecule is Cn1cc2c(c(F)c1=O)CC(Nc1ccc(Br)cc1F)N(OCCOC(C)(C)C)C2=O. The molecule has 1 unspecified atom stereocenters. The molecule has 0 saturated carbocycles. The van der Waals surface area contributed by atoms with E-state index in [1.165, 1.54) is 25.4 Å². The highest BCUT2D eigenvalue weighted by Crippen LogP contribution is 2.27. The maximum absolute atomic E-state index is 14.7. The first-order valence-corrected chi connectivity index (χ1v) is 10.5. The molecule has 0 saturated heterocycles. The van der Waals surface area contributed by atoms with E-state index in [9.17, 15) is 18.4 Å². The number of halogens is 3. The number of aryl methyl sites for hydroxylation is 1. The monoisotopic (exact) mass is 499 g/mol. The Balaban J connectivity index is 1.91. The van der Waals surface area contributed by atoms with Gasteiger partial charge in [0.25, 0.3) is 11.5 Å². The molecule has 1 atom stereocenters. The summed E-state index contributed by atoms with van der Waals surface area (Å²) in [6.45, 7) is 5.92. The summed E-state index contributed by atoms with van der Waals surface area (Å²) in [6, 6.07) is 4.38. The number of amides is 1. The highest BCUT2D eigenvalue weighted by Gasteiger charge is 2.37. The lowest BCUT2D eigenvalue weighted by Gasteiger charge is -2.36. The Morgan fingerprint density at radius 3 is 2.58 bits per heavy atom. The van der Waals surface area contributed by atoms with Crippen LogP contribution in [0, 0.1) is 11.6 Å². The number of carbonyl (C=O) groups is 1. The van der Waals surface area contributed by atoms with E-state index < -0.39 is 29.3 Å². The van der Waals surface area contributed by atoms with Gasteiger partial charge in [-0.25, -0.2) is 8.78 Å². The van der Waals surface area contributed by atoms with Crippen molar-refractivity contribution in [1.29, 1.82) is 0 Å². The Morgan fingerprint density at radius 1 is 1.23 bits per heavy atom. The molecule has 0 aliphatic carbocycles. The number of anilines is 1. The van der Waals surface area contributed by atoms with E-state index in [1.54, 1.807) is 6.07 Å². The van der Waals surface area contributed by atoms with Gasteiger partial charge >= 0.3 is 0 Å². The topological polar surface area (TPSA) is 72.8 Å². The molecule has 2 heterocycles. The Bertz CT molecular complexity index is 1050. The molecule has 0 fully saturated rings. The van der Waals surface area contributed by atoms with Crippen LogP contribution < -0.4 is 10.9 Å². The number of fused-ring (bicyclic) bond motifs is 1. The molecule has 0 radical (unpaired) electrons. The van der Waals surface area contributed by atoms with E-state index in [4.69, 9.17) is 9.57 Å². The number of rotatable bonds is 6. The molecule has 2 aromatic rings. The van der Waals surface area contributed by atoms with Gasteiger partial charge in [-0.15, -0.1) is 0 Å². The normalized spacial score (nSPS) is 16.4. The van der Waals surface area contributed by atoms with Crippen LogP contribution in [0.15, 0.2) is 33.7 Å². The van der Waals surface area contributed by atoms with E-state index >= 15 is 0 Å². The maximum atomic E-state index is 14.7. The first kappa shape index (κ1) is 23.4. The number of hydrogen-bond donors (Lipinski definition) is 1. The number of ether oxygens (including phenoxy) is 1. The van der Waals surface area contributed by atoms with E-state index in [0.29, 0.717) is 4.47 Å². The Hall–Kier alpha value is -2.30. The average molecular weight is 500 g/mol. The predicted molar refractivity (Wildman–Crippen MR) is 115 cm³/mol. The second kappa shape index (κ2) is 9.05. The summed E-state index contributed by atoms with van der Waals surface area (Å²) in [6.07, 6.45) is 0.257. The quantitative estimate of drug-likeness (QED) is 0.614. The van der Waals surface area contributed by atoms with Gasteiger partial charge in [0, 0.05) is 29.7 Å². The number of hydroxylamine groups is 2. The van der Waals surface area contributed by atoms with E-state index in [2.05, 4.69) is 21.2 Å². The molecule has 3 rings (SSSR count). The molecular formula is C21H24BrF2N3O4. The smallest absolute Gasteiger partial charge is 0.286 e. The number of hydrogen-bond acceptors (Lipinski definition) is 5. The summed E-state index contributed by atoms with van der Waals surface area (Å²) in [5.74, 6) is -2.21. The van der Waals surface area contributed by atoms with Crippen LogP contribution in [0.2, 0.25) is 0 Å². The van der Waals surface area contributed by atoms with E-state index in [1.807, 2.05) is 20.8 Å². The highest BCUT2D eigenvalue weighted by atomic mass is 79.9. The summed E-state index contributed by atoms with van der Waals surface area (Å²) in [5, 5.41) is 3.93. The Morgan fingerprint density at radius 2 is 1.94 bits per heavy atom. The highest BCUT2D eigenvalue weighted by molar-refractivity contribution is 9.10. The molecule has 0 spiro atoms. The van der Waals surface area contributed by atoms with Crippen molar-refractivity contribution < 1.29 is 23.1 Å². The zero-order valence-corrected chi connectivity index (χ0v) is 19.3. The maximum Gasteiger partial charge on any atom is 0.286 e. The van der Waals surface area contributed by atoms with Crippen molar-refractivity contribution in [3.8, 4) is 0 Å². The van der Waals surface area contributed by atoms with Crippen LogP contribution in [-0.4, -0.2) is 40.5 Å². The van der Waals surface area contributed by atoms with E-state index in [-0.39, 0.29) is 42.0 Å². The molecule has 1 aromatic heterocycles. The van der Waals surface area contributed by atoms with Crippen molar-refractivity contribution in [2.45, 2.75) is 39.0 Å². The molecule has 168 valence electrons. The summed E-state index contributed by atoms with van der Waals surface area (Å²) in [7, 11) is 1.36. The van der Waals surface area contributed by atoms with Crippen molar-refractivity contribution >= 4 is 27.5 Å². The predicted octanol–water partition coefficient (Wildman–Crippen LogP) is 3.61. The minimum absolute atomic E-state index is 0.0191. The van der Waals surface area contributed by atoms with Gasteiger partial charge in [0.15, 0.2) is 5.82 Å². The molecular weight excluding hydrogens is 476 g/mol. The van der Waals surface area contributed by atoms with Crippen LogP contribution in [0.1, 0.15) is 36.7 Å². The lowest BCUT2D eigenvalue weighted by atomic mass is 9.99. The van der Waals surface area contributed by atoms with Gasteiger partial charge in [0.1, 0.15) is 12.0 Å². The fourth-order valence-electron chi connectivity index (χ4n) is 3.18. The third-order valence-corrected chi connectivity index (χ3v) is 5.13. The third-order valence-electron chi connectivity index (χ3n) is 4.63. The van der Waals surface area contributed by atoms with Crippen molar-refractivity contribution in [3.63, 3.8) is 0 Å². The van der Waals surface area contributed by atoms with Gasteiger partial charge in [0.2, 0.25) is 0 Å². The molecule has 7 nitrogen and oxygen atoms in total. The molecule has 1 amide bonds. The van der Waals surface area contributed by atoms with Crippen LogP contribution in [0.25, 0.3) is 0 Å². The summed E-state index contributed by atoms with van der Waals surface area (Å²) in [4.78, 5) is 30.8. The van der Waals surface area contributed by atoms with Gasteiger partial charge in [-0.3, -0.25) is 14.4 Å².